The molecule has 2 N–H and O–H groups in total. The molecule has 0 aliphatic rings. The number of halogens is 1. The minimum atomic E-state index is -0.499. The number of esters is 1. The molecule has 0 aliphatic heterocycles. The van der Waals surface area contributed by atoms with Crippen LogP contribution in [-0.4, -0.2) is 21.7 Å². The van der Waals surface area contributed by atoms with Crippen LogP contribution in [0, 0.1) is 13.8 Å². The number of aromatic nitrogens is 2. The third-order valence-corrected chi connectivity index (χ3v) is 4.84. The van der Waals surface area contributed by atoms with Crippen molar-refractivity contribution in [3.63, 3.8) is 0 Å². The molecule has 6 nitrogen and oxygen atoms in total. The second kappa shape index (κ2) is 8.27. The van der Waals surface area contributed by atoms with Crippen LogP contribution in [0.2, 0.25) is 5.02 Å². The van der Waals surface area contributed by atoms with Gasteiger partial charge in [-0.3, -0.25) is 9.48 Å². The number of carbonyl (C=O) groups is 2. The monoisotopic (exact) mass is 397 g/mol. The maximum absolute atomic E-state index is 12.6. The number of hydrogen-bond donors (Lipinski definition) is 1. The van der Waals surface area contributed by atoms with Crippen molar-refractivity contribution >= 4 is 23.5 Å². The number of benzene rings is 2. The summed E-state index contributed by atoms with van der Waals surface area (Å²) in [4.78, 5) is 23.7. The summed E-state index contributed by atoms with van der Waals surface area (Å²) in [7, 11) is 0. The van der Waals surface area contributed by atoms with E-state index in [1.165, 1.54) is 0 Å². The Bertz CT molecular complexity index is 1030. The molecule has 0 saturated heterocycles. The zero-order valence-corrected chi connectivity index (χ0v) is 16.4. The summed E-state index contributed by atoms with van der Waals surface area (Å²) in [6, 6.07) is 14.1. The van der Waals surface area contributed by atoms with Crippen LogP contribution in [0.15, 0.2) is 48.5 Å². The van der Waals surface area contributed by atoms with E-state index in [2.05, 4.69) is 5.10 Å². The van der Waals surface area contributed by atoms with Gasteiger partial charge in [-0.2, -0.15) is 5.10 Å². The SMILES string of the molecule is Cc1nn(Cc2ccccc2Cl)c(C)c1C(=O)OCc1ccc(C(N)=O)cc1. The Kier molecular flexibility index (Phi) is 5.80. The van der Waals surface area contributed by atoms with Gasteiger partial charge in [0.1, 0.15) is 12.2 Å². The first kappa shape index (κ1) is 19.6. The van der Waals surface area contributed by atoms with Gasteiger partial charge in [-0.25, -0.2) is 4.79 Å². The summed E-state index contributed by atoms with van der Waals surface area (Å²) in [6.45, 7) is 4.16. The molecule has 3 aromatic rings. The largest absolute Gasteiger partial charge is 0.457 e. The third-order valence-electron chi connectivity index (χ3n) is 4.47. The number of nitrogens with zero attached hydrogens (tertiary/aromatic N) is 2. The van der Waals surface area contributed by atoms with Crippen molar-refractivity contribution in [2.45, 2.75) is 27.0 Å². The van der Waals surface area contributed by atoms with Gasteiger partial charge in [0.2, 0.25) is 5.91 Å². The van der Waals surface area contributed by atoms with Gasteiger partial charge in [0, 0.05) is 10.6 Å². The molecule has 1 aromatic heterocycles. The number of primary amides is 1. The summed E-state index contributed by atoms with van der Waals surface area (Å²) in [5.74, 6) is -0.944. The van der Waals surface area contributed by atoms with Gasteiger partial charge in [-0.05, 0) is 43.2 Å². The lowest BCUT2D eigenvalue weighted by Gasteiger charge is -2.08. The van der Waals surface area contributed by atoms with E-state index in [4.69, 9.17) is 22.1 Å². The zero-order chi connectivity index (χ0) is 20.3. The minimum Gasteiger partial charge on any atom is -0.457 e. The zero-order valence-electron chi connectivity index (χ0n) is 15.6. The van der Waals surface area contributed by atoms with E-state index in [0.29, 0.717) is 34.1 Å². The van der Waals surface area contributed by atoms with Gasteiger partial charge in [-0.15, -0.1) is 0 Å². The van der Waals surface area contributed by atoms with E-state index < -0.39 is 11.9 Å². The van der Waals surface area contributed by atoms with Gasteiger partial charge < -0.3 is 10.5 Å². The van der Waals surface area contributed by atoms with Crippen molar-refractivity contribution in [3.05, 3.63) is 87.2 Å². The smallest absolute Gasteiger partial charge is 0.342 e. The fraction of sp³-hybridized carbons (Fsp3) is 0.190. The molecule has 1 heterocycles. The van der Waals surface area contributed by atoms with Crippen LogP contribution >= 0.6 is 11.6 Å². The molecule has 0 radical (unpaired) electrons. The predicted octanol–water partition coefficient (Wildman–Crippen LogP) is 3.66. The molecule has 0 spiro atoms. The Morgan fingerprint density at radius 3 is 2.43 bits per heavy atom. The van der Waals surface area contributed by atoms with Gasteiger partial charge in [-0.1, -0.05) is 41.9 Å². The molecule has 0 atom stereocenters. The second-order valence-electron chi connectivity index (χ2n) is 6.43. The first-order valence-electron chi connectivity index (χ1n) is 8.70. The lowest BCUT2D eigenvalue weighted by molar-refractivity contribution is 0.0470. The van der Waals surface area contributed by atoms with Crippen LogP contribution in [0.25, 0.3) is 0 Å². The molecule has 3 rings (SSSR count). The molecule has 0 saturated carbocycles. The highest BCUT2D eigenvalue weighted by atomic mass is 35.5. The normalized spacial score (nSPS) is 10.7. The maximum atomic E-state index is 12.6. The minimum absolute atomic E-state index is 0.0897. The fourth-order valence-corrected chi connectivity index (χ4v) is 3.12. The summed E-state index contributed by atoms with van der Waals surface area (Å²) in [5, 5.41) is 5.11. The first-order valence-corrected chi connectivity index (χ1v) is 9.08. The molecule has 0 bridgehead atoms. The highest BCUT2D eigenvalue weighted by molar-refractivity contribution is 6.31. The quantitative estimate of drug-likeness (QED) is 0.643. The van der Waals surface area contributed by atoms with Gasteiger partial charge in [0.05, 0.1) is 17.9 Å². The first-order chi connectivity index (χ1) is 13.4. The molecular weight excluding hydrogens is 378 g/mol. The van der Waals surface area contributed by atoms with Crippen LogP contribution < -0.4 is 5.73 Å². The van der Waals surface area contributed by atoms with Crippen LogP contribution in [-0.2, 0) is 17.9 Å². The summed E-state index contributed by atoms with van der Waals surface area (Å²) < 4.78 is 7.17. The Morgan fingerprint density at radius 2 is 1.79 bits per heavy atom. The number of rotatable bonds is 6. The van der Waals surface area contributed by atoms with E-state index in [1.54, 1.807) is 35.9 Å². The van der Waals surface area contributed by atoms with E-state index in [1.807, 2.05) is 31.2 Å². The Balaban J connectivity index is 1.72. The lowest BCUT2D eigenvalue weighted by atomic mass is 10.1. The van der Waals surface area contributed by atoms with Gasteiger partial charge >= 0.3 is 5.97 Å². The van der Waals surface area contributed by atoms with Crippen LogP contribution in [0.3, 0.4) is 0 Å². The molecular formula is C21H20ClN3O3. The number of hydrogen-bond acceptors (Lipinski definition) is 4. The number of amides is 1. The van der Waals surface area contributed by atoms with Crippen molar-refractivity contribution in [1.82, 2.24) is 9.78 Å². The molecule has 144 valence electrons. The Hall–Kier alpha value is -3.12. The van der Waals surface area contributed by atoms with E-state index in [9.17, 15) is 9.59 Å². The second-order valence-corrected chi connectivity index (χ2v) is 6.84. The Morgan fingerprint density at radius 1 is 1.11 bits per heavy atom. The molecule has 2 aromatic carbocycles. The molecule has 1 amide bonds. The van der Waals surface area contributed by atoms with Crippen LogP contribution in [0.5, 0.6) is 0 Å². The van der Waals surface area contributed by atoms with Crippen molar-refractivity contribution in [2.75, 3.05) is 0 Å². The summed E-state index contributed by atoms with van der Waals surface area (Å²) >= 11 is 6.22. The molecule has 28 heavy (non-hydrogen) atoms. The number of ether oxygens (including phenoxy) is 1. The number of carbonyl (C=O) groups excluding carboxylic acids is 2. The topological polar surface area (TPSA) is 87.2 Å². The van der Waals surface area contributed by atoms with Crippen molar-refractivity contribution in [2.24, 2.45) is 5.73 Å². The molecule has 0 aliphatic carbocycles. The standard InChI is InChI=1S/C21H20ClN3O3/c1-13-19(14(2)25(24-13)11-17-5-3-4-6-18(17)22)21(27)28-12-15-7-9-16(10-8-15)20(23)26/h3-10H,11-12H2,1-2H3,(H2,23,26). The van der Waals surface area contributed by atoms with Crippen molar-refractivity contribution in [1.29, 1.82) is 0 Å². The van der Waals surface area contributed by atoms with E-state index in [-0.39, 0.29) is 6.61 Å². The predicted molar refractivity (Wildman–Crippen MR) is 106 cm³/mol. The van der Waals surface area contributed by atoms with Crippen LogP contribution in [0.4, 0.5) is 0 Å². The molecule has 0 fully saturated rings. The maximum Gasteiger partial charge on any atom is 0.342 e. The summed E-state index contributed by atoms with van der Waals surface area (Å²) in [5.41, 5.74) is 9.06. The Labute approximate surface area is 167 Å². The van der Waals surface area contributed by atoms with Crippen LogP contribution in [0.1, 0.15) is 43.2 Å². The number of aryl methyl sites for hydroxylation is 1. The highest BCUT2D eigenvalue weighted by Gasteiger charge is 2.20. The molecule has 0 unspecified atom stereocenters. The average Bonchev–Trinajstić information content (AvgIpc) is 2.95. The van der Waals surface area contributed by atoms with E-state index >= 15 is 0 Å². The van der Waals surface area contributed by atoms with Crippen molar-refractivity contribution in [3.8, 4) is 0 Å². The average molecular weight is 398 g/mol. The fourth-order valence-electron chi connectivity index (χ4n) is 2.92. The van der Waals surface area contributed by atoms with Gasteiger partial charge in [0.15, 0.2) is 0 Å². The van der Waals surface area contributed by atoms with Crippen molar-refractivity contribution < 1.29 is 14.3 Å². The highest BCUT2D eigenvalue weighted by Crippen LogP contribution is 2.20. The third kappa shape index (κ3) is 4.23. The van der Waals surface area contributed by atoms with E-state index in [0.717, 1.165) is 11.1 Å². The number of nitrogens with two attached hydrogens (primary N) is 1. The molecule has 7 heteroatoms. The summed E-state index contributed by atoms with van der Waals surface area (Å²) in [6.07, 6.45) is 0. The lowest BCUT2D eigenvalue weighted by Crippen LogP contribution is -2.11. The van der Waals surface area contributed by atoms with Gasteiger partial charge in [0.25, 0.3) is 0 Å².